The molecule has 2 heterocycles. The van der Waals surface area contributed by atoms with E-state index in [-0.39, 0.29) is 18.3 Å². The average molecular weight is 403 g/mol. The van der Waals surface area contributed by atoms with Crippen LogP contribution in [0.3, 0.4) is 0 Å². The van der Waals surface area contributed by atoms with Crippen molar-refractivity contribution in [1.82, 2.24) is 10.2 Å². The van der Waals surface area contributed by atoms with Crippen molar-refractivity contribution in [3.05, 3.63) is 54.1 Å². The summed E-state index contributed by atoms with van der Waals surface area (Å²) in [6.07, 6.45) is 3.38. The minimum Gasteiger partial charge on any atom is -0.490 e. The number of rotatable bonds is 5. The lowest BCUT2D eigenvalue weighted by atomic mass is 10.1. The number of hydrogen-bond acceptors (Lipinski definition) is 4. The van der Waals surface area contributed by atoms with Crippen molar-refractivity contribution in [2.75, 3.05) is 19.7 Å². The van der Waals surface area contributed by atoms with Crippen molar-refractivity contribution >= 4 is 18.3 Å². The minimum absolute atomic E-state index is 0. The summed E-state index contributed by atoms with van der Waals surface area (Å²) in [5.74, 6) is 1.90. The standard InChI is InChI=1S/C22H26N2O3.ClH/c1-2-26-20-9-5-6-10-21(20)27-19-8-4-3-7-18(19)22(25)24-14-13-16-11-12-17(15-24)23-16;/h3-10,16-17,23H,2,11-15H2,1H3;1H. The first-order valence-corrected chi connectivity index (χ1v) is 9.78. The molecule has 0 spiro atoms. The van der Waals surface area contributed by atoms with E-state index in [0.717, 1.165) is 25.9 Å². The molecule has 150 valence electrons. The predicted octanol–water partition coefficient (Wildman–Crippen LogP) is 4.27. The van der Waals surface area contributed by atoms with Crippen LogP contribution in [0.15, 0.2) is 48.5 Å². The lowest BCUT2D eigenvalue weighted by molar-refractivity contribution is 0.0745. The highest BCUT2D eigenvalue weighted by Crippen LogP contribution is 2.33. The monoisotopic (exact) mass is 402 g/mol. The number of benzene rings is 2. The average Bonchev–Trinajstić information content (AvgIpc) is 3.02. The lowest BCUT2D eigenvalue weighted by Gasteiger charge is -2.25. The molecule has 1 amide bonds. The van der Waals surface area contributed by atoms with Gasteiger partial charge in [0.05, 0.1) is 12.2 Å². The number of nitrogens with one attached hydrogen (secondary N) is 1. The number of fused-ring (bicyclic) bond motifs is 2. The van der Waals surface area contributed by atoms with E-state index in [4.69, 9.17) is 9.47 Å². The van der Waals surface area contributed by atoms with Crippen LogP contribution in [0, 0.1) is 0 Å². The van der Waals surface area contributed by atoms with Gasteiger partial charge in [0, 0.05) is 25.2 Å². The van der Waals surface area contributed by atoms with Crippen LogP contribution in [-0.4, -0.2) is 42.6 Å². The quantitative estimate of drug-likeness (QED) is 0.811. The Morgan fingerprint density at radius 1 is 1.00 bits per heavy atom. The van der Waals surface area contributed by atoms with Crippen molar-refractivity contribution < 1.29 is 14.3 Å². The van der Waals surface area contributed by atoms with E-state index >= 15 is 0 Å². The highest BCUT2D eigenvalue weighted by atomic mass is 35.5. The Balaban J connectivity index is 0.00000225. The SMILES string of the molecule is CCOc1ccccc1Oc1ccccc1C(=O)N1CCC2CCC(C1)N2.Cl. The molecule has 5 nitrogen and oxygen atoms in total. The third-order valence-corrected chi connectivity index (χ3v) is 5.30. The first kappa shape index (κ1) is 20.5. The van der Waals surface area contributed by atoms with Crippen molar-refractivity contribution in [3.8, 4) is 17.2 Å². The number of amides is 1. The van der Waals surface area contributed by atoms with E-state index < -0.39 is 0 Å². The molecule has 0 aromatic heterocycles. The predicted molar refractivity (Wildman–Crippen MR) is 112 cm³/mol. The smallest absolute Gasteiger partial charge is 0.257 e. The van der Waals surface area contributed by atoms with E-state index in [1.807, 2.05) is 60.4 Å². The number of halogens is 1. The van der Waals surface area contributed by atoms with Gasteiger partial charge in [0.1, 0.15) is 5.75 Å². The van der Waals surface area contributed by atoms with Crippen LogP contribution in [0.1, 0.15) is 36.5 Å². The molecule has 28 heavy (non-hydrogen) atoms. The molecule has 2 fully saturated rings. The fraction of sp³-hybridized carbons (Fsp3) is 0.409. The fourth-order valence-electron chi connectivity index (χ4n) is 3.96. The van der Waals surface area contributed by atoms with E-state index in [9.17, 15) is 4.79 Å². The number of nitrogens with zero attached hydrogens (tertiary/aromatic N) is 1. The van der Waals surface area contributed by atoms with Crippen LogP contribution < -0.4 is 14.8 Å². The topological polar surface area (TPSA) is 50.8 Å². The van der Waals surface area contributed by atoms with Crippen LogP contribution in [0.2, 0.25) is 0 Å². The zero-order valence-corrected chi connectivity index (χ0v) is 16.9. The maximum atomic E-state index is 13.2. The molecular weight excluding hydrogens is 376 g/mol. The molecule has 0 radical (unpaired) electrons. The summed E-state index contributed by atoms with van der Waals surface area (Å²) in [5.41, 5.74) is 0.599. The summed E-state index contributed by atoms with van der Waals surface area (Å²) in [6, 6.07) is 16.0. The molecule has 2 saturated heterocycles. The number of carbonyl (C=O) groups excluding carboxylic acids is 1. The van der Waals surface area contributed by atoms with Gasteiger partial charge in [-0.05, 0) is 50.5 Å². The second-order valence-electron chi connectivity index (χ2n) is 7.16. The Morgan fingerprint density at radius 2 is 1.68 bits per heavy atom. The number of likely N-dealkylation sites (tertiary alicyclic amines) is 1. The van der Waals surface area contributed by atoms with E-state index in [1.165, 1.54) is 6.42 Å². The summed E-state index contributed by atoms with van der Waals surface area (Å²) in [7, 11) is 0. The Kier molecular flexibility index (Phi) is 6.81. The molecule has 1 N–H and O–H groups in total. The number of para-hydroxylation sites is 3. The molecule has 2 atom stereocenters. The van der Waals surface area contributed by atoms with Crippen LogP contribution in [-0.2, 0) is 0 Å². The summed E-state index contributed by atoms with van der Waals surface area (Å²) in [4.78, 5) is 15.2. The Bertz CT molecular complexity index is 814. The zero-order valence-electron chi connectivity index (χ0n) is 16.1. The molecular formula is C22H27ClN2O3. The second kappa shape index (κ2) is 9.30. The van der Waals surface area contributed by atoms with Gasteiger partial charge in [-0.15, -0.1) is 12.4 Å². The summed E-state index contributed by atoms with van der Waals surface area (Å²) in [5, 5.41) is 3.62. The van der Waals surface area contributed by atoms with Gasteiger partial charge in [-0.25, -0.2) is 0 Å². The van der Waals surface area contributed by atoms with E-state index in [2.05, 4.69) is 5.32 Å². The summed E-state index contributed by atoms with van der Waals surface area (Å²) < 4.78 is 11.8. The molecule has 6 heteroatoms. The summed E-state index contributed by atoms with van der Waals surface area (Å²) in [6.45, 7) is 4.05. The zero-order chi connectivity index (χ0) is 18.6. The first-order valence-electron chi connectivity index (χ1n) is 9.78. The molecule has 2 unspecified atom stereocenters. The number of hydrogen-bond donors (Lipinski definition) is 1. The fourth-order valence-corrected chi connectivity index (χ4v) is 3.96. The maximum Gasteiger partial charge on any atom is 0.257 e. The van der Waals surface area contributed by atoms with Gasteiger partial charge >= 0.3 is 0 Å². The van der Waals surface area contributed by atoms with Crippen LogP contribution in [0.25, 0.3) is 0 Å². The van der Waals surface area contributed by atoms with Crippen LogP contribution >= 0.6 is 12.4 Å². The third kappa shape index (κ3) is 4.42. The highest BCUT2D eigenvalue weighted by Gasteiger charge is 2.32. The maximum absolute atomic E-state index is 13.2. The second-order valence-corrected chi connectivity index (χ2v) is 7.16. The van der Waals surface area contributed by atoms with Gasteiger partial charge < -0.3 is 19.7 Å². The van der Waals surface area contributed by atoms with Gasteiger partial charge in [-0.2, -0.15) is 0 Å². The highest BCUT2D eigenvalue weighted by molar-refractivity contribution is 5.97. The van der Waals surface area contributed by atoms with Crippen LogP contribution in [0.5, 0.6) is 17.2 Å². The Labute approximate surface area is 172 Å². The summed E-state index contributed by atoms with van der Waals surface area (Å²) >= 11 is 0. The Hall–Kier alpha value is -2.24. The third-order valence-electron chi connectivity index (χ3n) is 5.30. The van der Waals surface area contributed by atoms with E-state index in [0.29, 0.717) is 41.5 Å². The van der Waals surface area contributed by atoms with Gasteiger partial charge in [-0.3, -0.25) is 4.79 Å². The van der Waals surface area contributed by atoms with Crippen molar-refractivity contribution in [2.45, 2.75) is 38.3 Å². The first-order chi connectivity index (χ1) is 13.2. The van der Waals surface area contributed by atoms with Crippen molar-refractivity contribution in [1.29, 1.82) is 0 Å². The van der Waals surface area contributed by atoms with Gasteiger partial charge in [-0.1, -0.05) is 24.3 Å². The van der Waals surface area contributed by atoms with Crippen molar-refractivity contribution in [2.24, 2.45) is 0 Å². The van der Waals surface area contributed by atoms with Gasteiger partial charge in [0.25, 0.3) is 5.91 Å². The normalized spacial score (nSPS) is 20.8. The van der Waals surface area contributed by atoms with Gasteiger partial charge in [0.2, 0.25) is 0 Å². The largest absolute Gasteiger partial charge is 0.490 e. The molecule has 4 rings (SSSR count). The molecule has 0 saturated carbocycles. The number of ether oxygens (including phenoxy) is 2. The van der Waals surface area contributed by atoms with Crippen molar-refractivity contribution in [3.63, 3.8) is 0 Å². The molecule has 2 aromatic rings. The molecule has 2 bridgehead atoms. The lowest BCUT2D eigenvalue weighted by Crippen LogP contribution is -2.39. The molecule has 0 aliphatic carbocycles. The Morgan fingerprint density at radius 3 is 2.46 bits per heavy atom. The van der Waals surface area contributed by atoms with E-state index in [1.54, 1.807) is 0 Å². The molecule has 2 aliphatic rings. The minimum atomic E-state index is 0. The number of carbonyl (C=O) groups is 1. The molecule has 2 aromatic carbocycles. The molecule has 2 aliphatic heterocycles. The van der Waals surface area contributed by atoms with Crippen LogP contribution in [0.4, 0.5) is 0 Å². The van der Waals surface area contributed by atoms with Gasteiger partial charge in [0.15, 0.2) is 11.5 Å².